The summed E-state index contributed by atoms with van der Waals surface area (Å²) in [6.45, 7) is 9.57. The van der Waals surface area contributed by atoms with Gasteiger partial charge in [-0.3, -0.25) is 9.59 Å². The molecule has 31 heavy (non-hydrogen) atoms. The number of amides is 2. The molecule has 7 heteroatoms. The van der Waals surface area contributed by atoms with Crippen molar-refractivity contribution in [2.24, 2.45) is 0 Å². The standard InChI is InChI=1S/C24H25F2N3O2/c1-4-27-9-11-28(12-10-27)22-21(18-7-5-15(2)13-16(18)3)23(30)29(24(22)31)20-8-6-17(25)14-19(20)26/h5-8,13-14H,4,9-12H2,1-3H3. The van der Waals surface area contributed by atoms with Crippen LogP contribution in [0.3, 0.4) is 0 Å². The predicted octanol–water partition coefficient (Wildman–Crippen LogP) is 3.50. The number of carbonyl (C=O) groups is 2. The highest BCUT2D eigenvalue weighted by molar-refractivity contribution is 6.45. The highest BCUT2D eigenvalue weighted by Crippen LogP contribution is 2.37. The number of benzene rings is 2. The van der Waals surface area contributed by atoms with Crippen LogP contribution in [-0.2, 0) is 9.59 Å². The van der Waals surface area contributed by atoms with Crippen molar-refractivity contribution in [1.82, 2.24) is 9.80 Å². The third-order valence-corrected chi connectivity index (χ3v) is 6.00. The van der Waals surface area contributed by atoms with Gasteiger partial charge >= 0.3 is 0 Å². The number of rotatable bonds is 4. The van der Waals surface area contributed by atoms with Crippen molar-refractivity contribution in [3.8, 4) is 0 Å². The lowest BCUT2D eigenvalue weighted by atomic mass is 9.97. The molecule has 1 saturated heterocycles. The molecule has 2 aliphatic rings. The molecule has 0 radical (unpaired) electrons. The van der Waals surface area contributed by atoms with Crippen LogP contribution >= 0.6 is 0 Å². The fraction of sp³-hybridized carbons (Fsp3) is 0.333. The van der Waals surface area contributed by atoms with Crippen molar-refractivity contribution in [3.05, 3.63) is 70.4 Å². The molecule has 0 unspecified atom stereocenters. The van der Waals surface area contributed by atoms with Gasteiger partial charge in [0.15, 0.2) is 0 Å². The largest absolute Gasteiger partial charge is 0.364 e. The lowest BCUT2D eigenvalue weighted by Crippen LogP contribution is -2.47. The second-order valence-corrected chi connectivity index (χ2v) is 8.00. The molecule has 2 aromatic carbocycles. The maximum Gasteiger partial charge on any atom is 0.282 e. The van der Waals surface area contributed by atoms with Crippen LogP contribution in [0.2, 0.25) is 0 Å². The first-order valence-electron chi connectivity index (χ1n) is 10.4. The third kappa shape index (κ3) is 3.74. The predicted molar refractivity (Wildman–Crippen MR) is 115 cm³/mol. The first-order chi connectivity index (χ1) is 14.8. The van der Waals surface area contributed by atoms with Gasteiger partial charge in [0.05, 0.1) is 11.3 Å². The summed E-state index contributed by atoms with van der Waals surface area (Å²) >= 11 is 0. The van der Waals surface area contributed by atoms with E-state index in [0.717, 1.165) is 47.8 Å². The smallest absolute Gasteiger partial charge is 0.282 e. The van der Waals surface area contributed by atoms with E-state index in [4.69, 9.17) is 0 Å². The molecule has 2 heterocycles. The lowest BCUT2D eigenvalue weighted by Gasteiger charge is -2.36. The van der Waals surface area contributed by atoms with Gasteiger partial charge in [-0.25, -0.2) is 13.7 Å². The zero-order valence-corrected chi connectivity index (χ0v) is 17.9. The average Bonchev–Trinajstić information content (AvgIpc) is 2.99. The minimum atomic E-state index is -0.946. The maximum atomic E-state index is 14.6. The summed E-state index contributed by atoms with van der Waals surface area (Å²) in [4.78, 5) is 32.0. The molecule has 1 fully saturated rings. The number of hydrogen-bond acceptors (Lipinski definition) is 4. The van der Waals surface area contributed by atoms with Crippen LogP contribution in [0.15, 0.2) is 42.1 Å². The lowest BCUT2D eigenvalue weighted by molar-refractivity contribution is -0.120. The molecular formula is C24H25F2N3O2. The van der Waals surface area contributed by atoms with Crippen LogP contribution in [0.4, 0.5) is 14.5 Å². The quantitative estimate of drug-likeness (QED) is 0.704. The summed E-state index contributed by atoms with van der Waals surface area (Å²) in [5, 5.41) is 0. The summed E-state index contributed by atoms with van der Waals surface area (Å²) in [5.41, 5.74) is 2.88. The van der Waals surface area contributed by atoms with Gasteiger partial charge < -0.3 is 9.80 Å². The van der Waals surface area contributed by atoms with Gasteiger partial charge in [-0.2, -0.15) is 0 Å². The van der Waals surface area contributed by atoms with Crippen molar-refractivity contribution in [2.75, 3.05) is 37.6 Å². The van der Waals surface area contributed by atoms with Crippen LogP contribution in [-0.4, -0.2) is 54.3 Å². The second kappa shape index (κ2) is 8.23. The average molecular weight is 425 g/mol. The minimum absolute atomic E-state index is 0.235. The number of carbonyl (C=O) groups excluding carboxylic acids is 2. The number of aryl methyl sites for hydroxylation is 2. The molecule has 4 rings (SSSR count). The van der Waals surface area contributed by atoms with E-state index in [9.17, 15) is 18.4 Å². The monoisotopic (exact) mass is 425 g/mol. The molecule has 5 nitrogen and oxygen atoms in total. The van der Waals surface area contributed by atoms with Gasteiger partial charge in [-0.1, -0.05) is 30.7 Å². The van der Waals surface area contributed by atoms with Gasteiger partial charge in [-0.15, -0.1) is 0 Å². The minimum Gasteiger partial charge on any atom is -0.364 e. The zero-order chi connectivity index (χ0) is 22.3. The van der Waals surface area contributed by atoms with Crippen LogP contribution in [0.25, 0.3) is 5.57 Å². The summed E-state index contributed by atoms with van der Waals surface area (Å²) in [6, 6.07) is 8.54. The van der Waals surface area contributed by atoms with E-state index in [0.29, 0.717) is 24.7 Å². The number of imide groups is 1. The van der Waals surface area contributed by atoms with Crippen LogP contribution in [0.5, 0.6) is 0 Å². The van der Waals surface area contributed by atoms with Crippen molar-refractivity contribution in [1.29, 1.82) is 0 Å². The van der Waals surface area contributed by atoms with Gasteiger partial charge in [-0.05, 0) is 43.7 Å². The fourth-order valence-corrected chi connectivity index (χ4v) is 4.32. The molecule has 162 valence electrons. The van der Waals surface area contributed by atoms with Crippen LogP contribution in [0, 0.1) is 25.5 Å². The van der Waals surface area contributed by atoms with Crippen molar-refractivity contribution in [3.63, 3.8) is 0 Å². The first-order valence-corrected chi connectivity index (χ1v) is 10.4. The molecule has 2 aliphatic heterocycles. The number of anilines is 1. The Hall–Kier alpha value is -3.06. The topological polar surface area (TPSA) is 43.9 Å². The van der Waals surface area contributed by atoms with E-state index < -0.39 is 23.4 Å². The Morgan fingerprint density at radius 3 is 2.23 bits per heavy atom. The first kappa shape index (κ1) is 21.2. The summed E-state index contributed by atoms with van der Waals surface area (Å²) in [7, 11) is 0. The number of piperazine rings is 1. The number of nitrogens with zero attached hydrogens (tertiary/aromatic N) is 3. The Kier molecular flexibility index (Phi) is 5.62. The Balaban J connectivity index is 1.83. The van der Waals surface area contributed by atoms with Crippen molar-refractivity contribution >= 4 is 23.1 Å². The molecule has 2 amide bonds. The molecule has 0 aromatic heterocycles. The van der Waals surface area contributed by atoms with Gasteiger partial charge in [0.2, 0.25) is 0 Å². The summed E-state index contributed by atoms with van der Waals surface area (Å²) in [6.07, 6.45) is 0. The number of hydrogen-bond donors (Lipinski definition) is 0. The number of halogens is 2. The SMILES string of the molecule is CCN1CCN(C2=C(c3ccc(C)cc3C)C(=O)N(c3ccc(F)cc3F)C2=O)CC1. The van der Waals surface area contributed by atoms with E-state index in [1.165, 1.54) is 0 Å². The molecule has 0 spiro atoms. The molecule has 0 saturated carbocycles. The maximum absolute atomic E-state index is 14.6. The Bertz CT molecular complexity index is 1090. The fourth-order valence-electron chi connectivity index (χ4n) is 4.32. The molecule has 0 aliphatic carbocycles. The second-order valence-electron chi connectivity index (χ2n) is 8.00. The highest BCUT2D eigenvalue weighted by atomic mass is 19.1. The molecule has 2 aromatic rings. The Morgan fingerprint density at radius 1 is 0.903 bits per heavy atom. The summed E-state index contributed by atoms with van der Waals surface area (Å²) in [5.74, 6) is -2.87. The van der Waals surface area contributed by atoms with E-state index in [1.807, 2.05) is 36.9 Å². The van der Waals surface area contributed by atoms with E-state index in [2.05, 4.69) is 11.8 Å². The van der Waals surface area contributed by atoms with Gasteiger partial charge in [0, 0.05) is 32.2 Å². The molecule has 0 N–H and O–H groups in total. The zero-order valence-electron chi connectivity index (χ0n) is 17.9. The Labute approximate surface area is 180 Å². The molecule has 0 atom stereocenters. The van der Waals surface area contributed by atoms with Crippen LogP contribution < -0.4 is 4.90 Å². The summed E-state index contributed by atoms with van der Waals surface area (Å²) < 4.78 is 28.0. The van der Waals surface area contributed by atoms with Gasteiger partial charge in [0.1, 0.15) is 17.3 Å². The normalized spacial score (nSPS) is 17.8. The van der Waals surface area contributed by atoms with E-state index >= 15 is 0 Å². The van der Waals surface area contributed by atoms with Crippen molar-refractivity contribution < 1.29 is 18.4 Å². The van der Waals surface area contributed by atoms with E-state index in [1.54, 1.807) is 0 Å². The van der Waals surface area contributed by atoms with E-state index in [-0.39, 0.29) is 17.0 Å². The number of likely N-dealkylation sites (N-methyl/N-ethyl adjacent to an activating group) is 1. The van der Waals surface area contributed by atoms with Crippen molar-refractivity contribution in [2.45, 2.75) is 20.8 Å². The molecule has 0 bridgehead atoms. The third-order valence-electron chi connectivity index (χ3n) is 6.00. The Morgan fingerprint density at radius 2 is 1.61 bits per heavy atom. The van der Waals surface area contributed by atoms with Gasteiger partial charge in [0.25, 0.3) is 11.8 Å². The molecular weight excluding hydrogens is 400 g/mol. The highest BCUT2D eigenvalue weighted by Gasteiger charge is 2.44. The van der Waals surface area contributed by atoms with Crippen LogP contribution in [0.1, 0.15) is 23.6 Å².